The number of benzene rings is 1. The van der Waals surface area contributed by atoms with Gasteiger partial charge in [-0.2, -0.15) is 5.26 Å². The van der Waals surface area contributed by atoms with Gasteiger partial charge in [0.25, 0.3) is 0 Å². The van der Waals surface area contributed by atoms with Crippen LogP contribution in [0.4, 0.5) is 5.69 Å². The monoisotopic (exact) mass is 485 g/mol. The third kappa shape index (κ3) is 4.15. The fourth-order valence-corrected chi connectivity index (χ4v) is 6.34. The fourth-order valence-electron chi connectivity index (χ4n) is 5.28. The molecule has 35 heavy (non-hydrogen) atoms. The molecule has 0 saturated carbocycles. The Morgan fingerprint density at radius 2 is 1.91 bits per heavy atom. The number of nitrogens with zero attached hydrogens (tertiary/aromatic N) is 6. The van der Waals surface area contributed by atoms with Crippen molar-refractivity contribution >= 4 is 28.9 Å². The average molecular weight is 486 g/mol. The molecular formula is C26H27N7OS. The summed E-state index contributed by atoms with van der Waals surface area (Å²) in [6, 6.07) is 11.9. The Morgan fingerprint density at radius 3 is 2.63 bits per heavy atom. The Hall–Kier alpha value is -3.77. The van der Waals surface area contributed by atoms with Gasteiger partial charge in [-0.3, -0.25) is 9.69 Å². The van der Waals surface area contributed by atoms with E-state index in [-0.39, 0.29) is 23.7 Å². The zero-order valence-electron chi connectivity index (χ0n) is 19.8. The largest absolute Gasteiger partial charge is 0.369 e. The van der Waals surface area contributed by atoms with Crippen LogP contribution in [-0.2, 0) is 10.3 Å². The summed E-state index contributed by atoms with van der Waals surface area (Å²) in [5, 5.41) is 11.4. The molecule has 5 rings (SSSR count). The second-order valence-electron chi connectivity index (χ2n) is 9.31. The summed E-state index contributed by atoms with van der Waals surface area (Å²) in [7, 11) is 1.71. The molecule has 0 bridgehead atoms. The van der Waals surface area contributed by atoms with Crippen LogP contribution in [0.5, 0.6) is 0 Å². The fraction of sp³-hybridized carbons (Fsp3) is 0.346. The van der Waals surface area contributed by atoms with E-state index in [2.05, 4.69) is 32.4 Å². The first-order valence-corrected chi connectivity index (χ1v) is 12.5. The number of hydrogen-bond donors (Lipinski definition) is 1. The van der Waals surface area contributed by atoms with Crippen molar-refractivity contribution < 1.29 is 4.79 Å². The summed E-state index contributed by atoms with van der Waals surface area (Å²) < 4.78 is 0. The number of guanidine groups is 1. The Bertz CT molecular complexity index is 1310. The van der Waals surface area contributed by atoms with E-state index in [0.717, 1.165) is 47.6 Å². The van der Waals surface area contributed by atoms with Crippen molar-refractivity contribution in [3.63, 3.8) is 0 Å². The minimum atomic E-state index is -0.758. The molecule has 0 radical (unpaired) electrons. The van der Waals surface area contributed by atoms with Crippen LogP contribution < -0.4 is 10.6 Å². The number of thiophene rings is 1. The van der Waals surface area contributed by atoms with Gasteiger partial charge < -0.3 is 10.6 Å². The summed E-state index contributed by atoms with van der Waals surface area (Å²) in [5.41, 5.74) is 9.08. The van der Waals surface area contributed by atoms with Gasteiger partial charge in [0.1, 0.15) is 11.9 Å². The molecule has 2 aliphatic heterocycles. The van der Waals surface area contributed by atoms with Gasteiger partial charge in [-0.05, 0) is 60.4 Å². The third-order valence-corrected chi connectivity index (χ3v) is 8.40. The highest BCUT2D eigenvalue weighted by molar-refractivity contribution is 7.10. The third-order valence-electron chi connectivity index (χ3n) is 7.24. The van der Waals surface area contributed by atoms with Gasteiger partial charge >= 0.3 is 0 Å². The molecule has 0 aliphatic carbocycles. The molecular weight excluding hydrogens is 458 g/mol. The molecule has 1 saturated heterocycles. The number of nitriles is 1. The number of nitrogens with two attached hydrogens (primary N) is 1. The highest BCUT2D eigenvalue weighted by Crippen LogP contribution is 2.47. The standard InChI is InChI=1S/C26H27N7OS/c1-26(22-11-20(15-35-22)19-5-3-4-17(10-19)12-27)23(24(34)32(2)25(28)31-26)18-6-8-33(9-7-18)21-13-29-16-30-14-21/h3-5,10-11,13-16,18,23H,6-9H2,1-2H3,(H2,28,31)/t23-,26+/m0/s1. The van der Waals surface area contributed by atoms with E-state index in [1.54, 1.807) is 24.5 Å². The molecule has 3 aromatic rings. The SMILES string of the molecule is CN1C(=O)[C@H](C2CCN(c3cncnc3)CC2)[C@@](C)(c2cc(-c3cccc(C#N)c3)cs2)N=C1N. The first kappa shape index (κ1) is 23.0. The van der Waals surface area contributed by atoms with Gasteiger partial charge in [-0.1, -0.05) is 12.1 Å². The molecule has 9 heteroatoms. The highest BCUT2D eigenvalue weighted by Gasteiger charge is 2.51. The summed E-state index contributed by atoms with van der Waals surface area (Å²) in [6.45, 7) is 3.70. The number of amides is 1. The second-order valence-corrected chi connectivity index (χ2v) is 10.2. The quantitative estimate of drug-likeness (QED) is 0.604. The smallest absolute Gasteiger partial charge is 0.235 e. The molecule has 2 aromatic heterocycles. The van der Waals surface area contributed by atoms with Crippen LogP contribution in [0.15, 0.2) is 59.4 Å². The summed E-state index contributed by atoms with van der Waals surface area (Å²) >= 11 is 1.59. The average Bonchev–Trinajstić information content (AvgIpc) is 3.40. The number of aromatic nitrogens is 2. The first-order valence-electron chi connectivity index (χ1n) is 11.6. The van der Waals surface area contributed by atoms with Crippen molar-refractivity contribution in [2.45, 2.75) is 25.3 Å². The van der Waals surface area contributed by atoms with Crippen molar-refractivity contribution in [1.29, 1.82) is 5.26 Å². The number of piperidine rings is 1. The molecule has 4 heterocycles. The number of carbonyl (C=O) groups is 1. The van der Waals surface area contributed by atoms with Crippen LogP contribution in [0.2, 0.25) is 0 Å². The van der Waals surface area contributed by atoms with E-state index >= 15 is 0 Å². The number of aliphatic imine (C=N–C) groups is 1. The highest BCUT2D eigenvalue weighted by atomic mass is 32.1. The molecule has 1 fully saturated rings. The van der Waals surface area contributed by atoms with Gasteiger partial charge in [-0.25, -0.2) is 15.0 Å². The molecule has 0 spiro atoms. The Kier molecular flexibility index (Phi) is 5.99. The van der Waals surface area contributed by atoms with E-state index in [9.17, 15) is 10.1 Å². The van der Waals surface area contributed by atoms with Crippen molar-refractivity contribution in [3.05, 3.63) is 64.9 Å². The van der Waals surface area contributed by atoms with E-state index in [4.69, 9.17) is 10.7 Å². The number of rotatable bonds is 4. The van der Waals surface area contributed by atoms with Crippen LogP contribution in [0.25, 0.3) is 11.1 Å². The van der Waals surface area contributed by atoms with Crippen LogP contribution in [0, 0.1) is 23.2 Å². The molecule has 2 atom stereocenters. The van der Waals surface area contributed by atoms with Gasteiger partial charge in [0.05, 0.1) is 35.6 Å². The maximum atomic E-state index is 13.6. The van der Waals surface area contributed by atoms with Crippen LogP contribution >= 0.6 is 11.3 Å². The maximum Gasteiger partial charge on any atom is 0.235 e. The van der Waals surface area contributed by atoms with Crippen molar-refractivity contribution in [1.82, 2.24) is 14.9 Å². The van der Waals surface area contributed by atoms with E-state index < -0.39 is 5.54 Å². The van der Waals surface area contributed by atoms with Gasteiger partial charge in [0.2, 0.25) is 5.91 Å². The second kappa shape index (κ2) is 9.12. The molecule has 8 nitrogen and oxygen atoms in total. The molecule has 2 N–H and O–H groups in total. The predicted octanol–water partition coefficient (Wildman–Crippen LogP) is 3.61. The Morgan fingerprint density at radius 1 is 1.17 bits per heavy atom. The van der Waals surface area contributed by atoms with Crippen molar-refractivity contribution in [2.24, 2.45) is 22.6 Å². The lowest BCUT2D eigenvalue weighted by molar-refractivity contribution is -0.136. The summed E-state index contributed by atoms with van der Waals surface area (Å²) in [4.78, 5) is 31.6. The van der Waals surface area contributed by atoms with Gasteiger partial charge in [-0.15, -0.1) is 11.3 Å². The number of carbonyl (C=O) groups excluding carboxylic acids is 1. The van der Waals surface area contributed by atoms with E-state index in [1.807, 2.05) is 37.5 Å². The van der Waals surface area contributed by atoms with Crippen molar-refractivity contribution in [3.8, 4) is 17.2 Å². The maximum absolute atomic E-state index is 13.6. The molecule has 1 aromatic carbocycles. The zero-order chi connectivity index (χ0) is 24.6. The normalized spacial score (nSPS) is 23.2. The number of anilines is 1. The number of hydrogen-bond acceptors (Lipinski definition) is 8. The lowest BCUT2D eigenvalue weighted by Gasteiger charge is -2.46. The lowest BCUT2D eigenvalue weighted by Crippen LogP contribution is -2.56. The predicted molar refractivity (Wildman–Crippen MR) is 137 cm³/mol. The van der Waals surface area contributed by atoms with Crippen molar-refractivity contribution in [2.75, 3.05) is 25.0 Å². The minimum absolute atomic E-state index is 0.0166. The van der Waals surface area contributed by atoms with E-state index in [1.165, 1.54) is 11.2 Å². The van der Waals surface area contributed by atoms with Crippen LogP contribution in [0.1, 0.15) is 30.2 Å². The molecule has 2 aliphatic rings. The van der Waals surface area contributed by atoms with E-state index in [0.29, 0.717) is 5.56 Å². The molecule has 178 valence electrons. The van der Waals surface area contributed by atoms with Gasteiger partial charge in [0, 0.05) is 25.0 Å². The minimum Gasteiger partial charge on any atom is -0.369 e. The van der Waals surface area contributed by atoms with Crippen LogP contribution in [0.3, 0.4) is 0 Å². The first-order chi connectivity index (χ1) is 16.9. The van der Waals surface area contributed by atoms with Gasteiger partial charge in [0.15, 0.2) is 5.96 Å². The molecule has 0 unspecified atom stereocenters. The summed E-state index contributed by atoms with van der Waals surface area (Å²) in [6.07, 6.45) is 6.93. The Labute approximate surface area is 208 Å². The Balaban J connectivity index is 1.46. The van der Waals surface area contributed by atoms with Crippen LogP contribution in [-0.4, -0.2) is 46.9 Å². The zero-order valence-corrected chi connectivity index (χ0v) is 20.6. The lowest BCUT2D eigenvalue weighted by atomic mass is 9.70. The summed E-state index contributed by atoms with van der Waals surface area (Å²) in [5.74, 6) is 0.114. The molecule has 1 amide bonds. The topological polar surface area (TPSA) is 112 Å².